The minimum atomic E-state index is 0.160. The second kappa shape index (κ2) is 6.03. The summed E-state index contributed by atoms with van der Waals surface area (Å²) in [5, 5.41) is 3.40. The molecule has 19 heavy (non-hydrogen) atoms. The maximum atomic E-state index is 5.87. The van der Waals surface area contributed by atoms with Gasteiger partial charge in [0, 0.05) is 25.7 Å². The molecule has 2 saturated heterocycles. The van der Waals surface area contributed by atoms with Gasteiger partial charge in [0.15, 0.2) is 0 Å². The molecule has 0 radical (unpaired) electrons. The van der Waals surface area contributed by atoms with Crippen LogP contribution in [0.5, 0.6) is 0 Å². The van der Waals surface area contributed by atoms with Crippen molar-refractivity contribution in [1.29, 1.82) is 0 Å². The molecule has 1 N–H and O–H groups in total. The van der Waals surface area contributed by atoms with Gasteiger partial charge in [-0.2, -0.15) is 0 Å². The Bertz CT molecular complexity index is 400. The Kier molecular flexibility index (Phi) is 4.15. The Hall–Kier alpha value is -0.910. The summed E-state index contributed by atoms with van der Waals surface area (Å²) >= 11 is 0. The molecule has 3 rings (SSSR count). The zero-order chi connectivity index (χ0) is 13.1. The summed E-state index contributed by atoms with van der Waals surface area (Å²) in [4.78, 5) is 6.89. The zero-order valence-electron chi connectivity index (χ0n) is 11.7. The first kappa shape index (κ1) is 13.1. The van der Waals surface area contributed by atoms with Crippen molar-refractivity contribution in [1.82, 2.24) is 19.8 Å². The van der Waals surface area contributed by atoms with Gasteiger partial charge in [-0.15, -0.1) is 0 Å². The molecule has 1 aromatic rings. The number of hydrogen-bond donors (Lipinski definition) is 1. The van der Waals surface area contributed by atoms with Gasteiger partial charge in [0.25, 0.3) is 0 Å². The van der Waals surface area contributed by atoms with Crippen LogP contribution in [0.4, 0.5) is 0 Å². The fraction of sp³-hybridized carbons (Fsp3) is 0.786. The SMILES string of the molecule is CCN1CCCC(n2cncc2C2CNCCO2)C1. The van der Waals surface area contributed by atoms with Gasteiger partial charge in [0.05, 0.1) is 24.8 Å². The molecule has 106 valence electrons. The van der Waals surface area contributed by atoms with Crippen LogP contribution in [-0.4, -0.2) is 53.8 Å². The summed E-state index contributed by atoms with van der Waals surface area (Å²) in [7, 11) is 0. The summed E-state index contributed by atoms with van der Waals surface area (Å²) < 4.78 is 8.22. The minimum Gasteiger partial charge on any atom is -0.369 e. The second-order valence-electron chi connectivity index (χ2n) is 5.48. The summed E-state index contributed by atoms with van der Waals surface area (Å²) in [6, 6.07) is 0.553. The number of imidazole rings is 1. The van der Waals surface area contributed by atoms with Crippen LogP contribution in [0, 0.1) is 0 Å². The van der Waals surface area contributed by atoms with E-state index in [0.717, 1.165) is 32.8 Å². The lowest BCUT2D eigenvalue weighted by molar-refractivity contribution is 0.0207. The first-order valence-electron chi connectivity index (χ1n) is 7.45. The molecular weight excluding hydrogens is 240 g/mol. The molecule has 2 atom stereocenters. The van der Waals surface area contributed by atoms with Gasteiger partial charge >= 0.3 is 0 Å². The lowest BCUT2D eigenvalue weighted by atomic mass is 10.0. The van der Waals surface area contributed by atoms with Crippen LogP contribution in [0.2, 0.25) is 0 Å². The van der Waals surface area contributed by atoms with Crippen LogP contribution in [0.1, 0.15) is 37.6 Å². The highest BCUT2D eigenvalue weighted by atomic mass is 16.5. The number of likely N-dealkylation sites (N-methyl/N-ethyl adjacent to an activating group) is 1. The Balaban J connectivity index is 1.75. The van der Waals surface area contributed by atoms with Crippen molar-refractivity contribution in [3.8, 4) is 0 Å². The molecule has 3 heterocycles. The van der Waals surface area contributed by atoms with E-state index in [1.807, 2.05) is 12.5 Å². The summed E-state index contributed by atoms with van der Waals surface area (Å²) in [6.45, 7) is 8.40. The van der Waals surface area contributed by atoms with Gasteiger partial charge in [-0.25, -0.2) is 4.98 Å². The molecule has 1 aromatic heterocycles. The smallest absolute Gasteiger partial charge is 0.111 e. The van der Waals surface area contributed by atoms with Crippen molar-refractivity contribution >= 4 is 0 Å². The van der Waals surface area contributed by atoms with Gasteiger partial charge in [-0.05, 0) is 25.9 Å². The van der Waals surface area contributed by atoms with Gasteiger partial charge in [-0.3, -0.25) is 0 Å². The quantitative estimate of drug-likeness (QED) is 0.891. The van der Waals surface area contributed by atoms with Crippen LogP contribution >= 0.6 is 0 Å². The molecule has 5 nitrogen and oxygen atoms in total. The molecule has 2 aliphatic heterocycles. The molecular formula is C14H24N4O. The maximum Gasteiger partial charge on any atom is 0.111 e. The third kappa shape index (κ3) is 2.83. The Morgan fingerprint density at radius 1 is 1.53 bits per heavy atom. The molecule has 0 aromatic carbocycles. The van der Waals surface area contributed by atoms with Gasteiger partial charge in [0.1, 0.15) is 6.10 Å². The third-order valence-electron chi connectivity index (χ3n) is 4.27. The fourth-order valence-electron chi connectivity index (χ4n) is 3.17. The monoisotopic (exact) mass is 264 g/mol. The molecule has 5 heteroatoms. The van der Waals surface area contributed by atoms with Crippen LogP contribution in [-0.2, 0) is 4.74 Å². The second-order valence-corrected chi connectivity index (χ2v) is 5.48. The Morgan fingerprint density at radius 2 is 2.47 bits per heavy atom. The van der Waals surface area contributed by atoms with Crippen molar-refractivity contribution in [2.24, 2.45) is 0 Å². The number of piperidine rings is 1. The van der Waals surface area contributed by atoms with E-state index in [4.69, 9.17) is 4.74 Å². The van der Waals surface area contributed by atoms with E-state index in [-0.39, 0.29) is 6.10 Å². The topological polar surface area (TPSA) is 42.3 Å². The van der Waals surface area contributed by atoms with Gasteiger partial charge in [-0.1, -0.05) is 6.92 Å². The third-order valence-corrected chi connectivity index (χ3v) is 4.27. The molecule has 2 fully saturated rings. The predicted octanol–water partition coefficient (Wildman–Crippen LogP) is 1.20. The van der Waals surface area contributed by atoms with E-state index in [2.05, 4.69) is 26.7 Å². The Labute approximate surface area is 114 Å². The summed E-state index contributed by atoms with van der Waals surface area (Å²) in [5.41, 5.74) is 1.23. The normalized spacial score (nSPS) is 29.5. The predicted molar refractivity (Wildman–Crippen MR) is 74.2 cm³/mol. The van der Waals surface area contributed by atoms with E-state index < -0.39 is 0 Å². The number of ether oxygens (including phenoxy) is 1. The van der Waals surface area contributed by atoms with Crippen LogP contribution in [0.15, 0.2) is 12.5 Å². The van der Waals surface area contributed by atoms with Gasteiger partial charge < -0.3 is 19.5 Å². The van der Waals surface area contributed by atoms with Crippen LogP contribution in [0.25, 0.3) is 0 Å². The highest BCUT2D eigenvalue weighted by Crippen LogP contribution is 2.27. The lowest BCUT2D eigenvalue weighted by Gasteiger charge is -2.34. The highest BCUT2D eigenvalue weighted by Gasteiger charge is 2.26. The number of hydrogen-bond acceptors (Lipinski definition) is 4. The van der Waals surface area contributed by atoms with Crippen LogP contribution in [0.3, 0.4) is 0 Å². The Morgan fingerprint density at radius 3 is 3.26 bits per heavy atom. The van der Waals surface area contributed by atoms with Crippen molar-refractivity contribution in [2.75, 3.05) is 39.3 Å². The van der Waals surface area contributed by atoms with Crippen LogP contribution < -0.4 is 5.32 Å². The molecule has 0 bridgehead atoms. The summed E-state index contributed by atoms with van der Waals surface area (Å²) in [5.74, 6) is 0. The van der Waals surface area contributed by atoms with Crippen molar-refractivity contribution < 1.29 is 4.74 Å². The average molecular weight is 264 g/mol. The average Bonchev–Trinajstić information content (AvgIpc) is 2.98. The molecule has 0 aliphatic carbocycles. The maximum absolute atomic E-state index is 5.87. The number of rotatable bonds is 3. The first-order chi connectivity index (χ1) is 9.38. The molecule has 2 aliphatic rings. The standard InChI is InChI=1S/C14H24N4O/c1-2-17-6-3-4-12(10-17)18-11-16-8-13(18)14-9-15-5-7-19-14/h8,11-12,14-15H,2-7,9-10H2,1H3. The molecule has 2 unspecified atom stereocenters. The van der Waals surface area contributed by atoms with E-state index in [0.29, 0.717) is 6.04 Å². The lowest BCUT2D eigenvalue weighted by Crippen LogP contribution is -2.38. The number of aromatic nitrogens is 2. The molecule has 0 spiro atoms. The number of nitrogens with zero attached hydrogens (tertiary/aromatic N) is 3. The number of nitrogens with one attached hydrogen (secondary N) is 1. The van der Waals surface area contributed by atoms with E-state index in [1.165, 1.54) is 25.1 Å². The van der Waals surface area contributed by atoms with Crippen molar-refractivity contribution in [2.45, 2.75) is 31.9 Å². The molecule has 0 amide bonds. The summed E-state index contributed by atoms with van der Waals surface area (Å²) in [6.07, 6.45) is 6.65. The fourth-order valence-corrected chi connectivity index (χ4v) is 3.17. The number of likely N-dealkylation sites (tertiary alicyclic amines) is 1. The molecule has 0 saturated carbocycles. The van der Waals surface area contributed by atoms with E-state index in [9.17, 15) is 0 Å². The van der Waals surface area contributed by atoms with Crippen molar-refractivity contribution in [3.63, 3.8) is 0 Å². The highest BCUT2D eigenvalue weighted by molar-refractivity contribution is 5.07. The van der Waals surface area contributed by atoms with Crippen molar-refractivity contribution in [3.05, 3.63) is 18.2 Å². The van der Waals surface area contributed by atoms with E-state index >= 15 is 0 Å². The zero-order valence-corrected chi connectivity index (χ0v) is 11.7. The first-order valence-corrected chi connectivity index (χ1v) is 7.45. The van der Waals surface area contributed by atoms with Gasteiger partial charge in [0.2, 0.25) is 0 Å². The minimum absolute atomic E-state index is 0.160. The number of morpholine rings is 1. The largest absolute Gasteiger partial charge is 0.369 e. The van der Waals surface area contributed by atoms with E-state index in [1.54, 1.807) is 0 Å².